The number of rotatable bonds is 5. The van der Waals surface area contributed by atoms with Gasteiger partial charge in [-0.25, -0.2) is 4.39 Å². The third-order valence-electron chi connectivity index (χ3n) is 7.02. The number of fused-ring (bicyclic) bond motifs is 3. The van der Waals surface area contributed by atoms with Crippen LogP contribution in [0.15, 0.2) is 66.7 Å². The molecule has 2 aliphatic rings. The van der Waals surface area contributed by atoms with Crippen LogP contribution in [0.1, 0.15) is 16.7 Å². The van der Waals surface area contributed by atoms with Gasteiger partial charge in [-0.3, -0.25) is 4.79 Å². The van der Waals surface area contributed by atoms with E-state index in [1.54, 1.807) is 13.2 Å². The van der Waals surface area contributed by atoms with Crippen LogP contribution in [0.5, 0.6) is 5.75 Å². The molecule has 5 nitrogen and oxygen atoms in total. The third-order valence-corrected chi connectivity index (χ3v) is 7.02. The molecule has 0 bridgehead atoms. The van der Waals surface area contributed by atoms with E-state index in [1.165, 1.54) is 23.4 Å². The van der Waals surface area contributed by atoms with Crippen LogP contribution in [-0.2, 0) is 17.8 Å². The van der Waals surface area contributed by atoms with Gasteiger partial charge in [0.1, 0.15) is 11.6 Å². The van der Waals surface area contributed by atoms with E-state index in [2.05, 4.69) is 58.4 Å². The lowest BCUT2D eigenvalue weighted by atomic mass is 9.83. The Balaban J connectivity index is 1.41. The van der Waals surface area contributed by atoms with Crippen LogP contribution < -0.4 is 19.9 Å². The maximum absolute atomic E-state index is 13.6. The molecule has 2 atom stereocenters. The fourth-order valence-corrected chi connectivity index (χ4v) is 5.16. The lowest BCUT2D eigenvalue weighted by Crippen LogP contribution is -2.61. The van der Waals surface area contributed by atoms with Gasteiger partial charge in [0.05, 0.1) is 19.1 Å². The second-order valence-corrected chi connectivity index (χ2v) is 9.20. The quantitative estimate of drug-likeness (QED) is 0.617. The van der Waals surface area contributed by atoms with Gasteiger partial charge in [-0.1, -0.05) is 35.9 Å². The second-order valence-electron chi connectivity index (χ2n) is 9.20. The number of nitrogens with zero attached hydrogens (tertiary/aromatic N) is 2. The topological polar surface area (TPSA) is 44.8 Å². The number of benzene rings is 3. The fraction of sp³-hybridized carbons (Fsp3) is 0.321. The summed E-state index contributed by atoms with van der Waals surface area (Å²) in [6, 6.07) is 21.1. The minimum atomic E-state index is -0.292. The Hall–Kier alpha value is -3.54. The largest absolute Gasteiger partial charge is 0.497 e. The summed E-state index contributed by atoms with van der Waals surface area (Å²) in [7, 11) is 1.68. The molecule has 1 fully saturated rings. The molecule has 0 aliphatic carbocycles. The molecule has 1 saturated heterocycles. The molecule has 1 N–H and O–H groups in total. The number of hydrogen-bond donors (Lipinski definition) is 1. The first-order valence-corrected chi connectivity index (χ1v) is 11.8. The molecule has 0 saturated carbocycles. The fourth-order valence-electron chi connectivity index (χ4n) is 5.16. The van der Waals surface area contributed by atoms with Crippen LogP contribution in [0.3, 0.4) is 0 Å². The first-order chi connectivity index (χ1) is 16.5. The number of nitrogens with one attached hydrogen (secondary N) is 1. The highest BCUT2D eigenvalue weighted by Crippen LogP contribution is 2.39. The number of carbonyl (C=O) groups excluding carboxylic acids is 1. The van der Waals surface area contributed by atoms with E-state index < -0.39 is 0 Å². The van der Waals surface area contributed by atoms with E-state index in [9.17, 15) is 9.18 Å². The molecule has 34 heavy (non-hydrogen) atoms. The van der Waals surface area contributed by atoms with E-state index in [4.69, 9.17) is 4.74 Å². The van der Waals surface area contributed by atoms with E-state index in [0.29, 0.717) is 13.0 Å². The second kappa shape index (κ2) is 9.37. The van der Waals surface area contributed by atoms with Crippen LogP contribution in [0, 0.1) is 18.7 Å². The average molecular weight is 460 g/mol. The number of ether oxygens (including phenoxy) is 1. The van der Waals surface area contributed by atoms with Crippen molar-refractivity contribution >= 4 is 17.3 Å². The smallest absolute Gasteiger partial charge is 0.225 e. The van der Waals surface area contributed by atoms with Crippen molar-refractivity contribution in [1.82, 2.24) is 5.32 Å². The van der Waals surface area contributed by atoms with Gasteiger partial charge >= 0.3 is 0 Å². The summed E-state index contributed by atoms with van der Waals surface area (Å²) in [5, 5.41) is 3.07. The maximum atomic E-state index is 13.6. The minimum absolute atomic E-state index is 0.00601. The van der Waals surface area contributed by atoms with Gasteiger partial charge in [0.25, 0.3) is 0 Å². The third kappa shape index (κ3) is 4.45. The summed E-state index contributed by atoms with van der Waals surface area (Å²) in [5.74, 6) is 0.334. The number of carbonyl (C=O) groups is 1. The number of piperazine rings is 1. The highest BCUT2D eigenvalue weighted by molar-refractivity contribution is 5.82. The summed E-state index contributed by atoms with van der Waals surface area (Å²) < 4.78 is 19.1. The lowest BCUT2D eigenvalue weighted by molar-refractivity contribution is -0.126. The summed E-state index contributed by atoms with van der Waals surface area (Å²) in [5.41, 5.74) is 5.49. The molecule has 1 amide bonds. The molecule has 3 aromatic rings. The molecular weight excluding hydrogens is 429 g/mol. The molecule has 3 aromatic carbocycles. The van der Waals surface area contributed by atoms with Crippen LogP contribution >= 0.6 is 0 Å². The molecule has 2 aliphatic heterocycles. The SMILES string of the molecule is COc1ccc2c(c1)N1CCN(c3ccc(C)cc3)C[C@@H]1[C@H](C(=O)NCc1cccc(F)c1)C2. The summed E-state index contributed by atoms with van der Waals surface area (Å²) in [6.07, 6.45) is 0.664. The van der Waals surface area contributed by atoms with Crippen molar-refractivity contribution < 1.29 is 13.9 Å². The van der Waals surface area contributed by atoms with Gasteiger partial charge < -0.3 is 19.9 Å². The number of methoxy groups -OCH3 is 1. The Labute approximate surface area is 200 Å². The molecule has 0 unspecified atom stereocenters. The number of amides is 1. The Kier molecular flexibility index (Phi) is 6.14. The minimum Gasteiger partial charge on any atom is -0.497 e. The van der Waals surface area contributed by atoms with Gasteiger partial charge in [-0.15, -0.1) is 0 Å². The van der Waals surface area contributed by atoms with Gasteiger partial charge in [-0.2, -0.15) is 0 Å². The van der Waals surface area contributed by atoms with Crippen molar-refractivity contribution in [1.29, 1.82) is 0 Å². The first-order valence-electron chi connectivity index (χ1n) is 11.8. The van der Waals surface area contributed by atoms with Gasteiger partial charge in [0.15, 0.2) is 0 Å². The van der Waals surface area contributed by atoms with Gasteiger partial charge in [0, 0.05) is 43.6 Å². The maximum Gasteiger partial charge on any atom is 0.225 e. The number of hydrogen-bond acceptors (Lipinski definition) is 4. The van der Waals surface area contributed by atoms with Crippen LogP contribution in [0.25, 0.3) is 0 Å². The molecule has 0 spiro atoms. The van der Waals surface area contributed by atoms with Crippen LogP contribution in [-0.4, -0.2) is 38.7 Å². The van der Waals surface area contributed by atoms with Crippen LogP contribution in [0.2, 0.25) is 0 Å². The van der Waals surface area contributed by atoms with E-state index in [1.807, 2.05) is 12.1 Å². The average Bonchev–Trinajstić information content (AvgIpc) is 2.86. The van der Waals surface area contributed by atoms with Crippen molar-refractivity contribution in [3.05, 3.63) is 89.2 Å². The number of aryl methyl sites for hydroxylation is 1. The highest BCUT2D eigenvalue weighted by atomic mass is 19.1. The van der Waals surface area contributed by atoms with Gasteiger partial charge in [-0.05, 0) is 54.8 Å². The van der Waals surface area contributed by atoms with Crippen molar-refractivity contribution in [2.24, 2.45) is 5.92 Å². The molecule has 6 heteroatoms. The van der Waals surface area contributed by atoms with E-state index in [-0.39, 0.29) is 23.7 Å². The Morgan fingerprint density at radius 3 is 2.68 bits per heavy atom. The van der Waals surface area contributed by atoms with E-state index >= 15 is 0 Å². The molecule has 5 rings (SSSR count). The Morgan fingerprint density at radius 2 is 1.91 bits per heavy atom. The van der Waals surface area contributed by atoms with Crippen LogP contribution in [0.4, 0.5) is 15.8 Å². The zero-order valence-electron chi connectivity index (χ0n) is 19.6. The summed E-state index contributed by atoms with van der Waals surface area (Å²) >= 11 is 0. The normalized spacial score (nSPS) is 19.3. The predicted octanol–water partition coefficient (Wildman–Crippen LogP) is 4.33. The zero-order valence-corrected chi connectivity index (χ0v) is 19.6. The lowest BCUT2D eigenvalue weighted by Gasteiger charge is -2.49. The van der Waals surface area contributed by atoms with Crippen molar-refractivity contribution in [3.8, 4) is 5.75 Å². The monoisotopic (exact) mass is 459 g/mol. The highest BCUT2D eigenvalue weighted by Gasteiger charge is 2.41. The zero-order chi connectivity index (χ0) is 23.7. The molecule has 0 radical (unpaired) electrons. The molecule has 176 valence electrons. The first kappa shape index (κ1) is 22.3. The van der Waals surface area contributed by atoms with Crippen molar-refractivity contribution in [2.75, 3.05) is 36.5 Å². The van der Waals surface area contributed by atoms with E-state index in [0.717, 1.165) is 42.2 Å². The van der Waals surface area contributed by atoms with Crippen molar-refractivity contribution in [3.63, 3.8) is 0 Å². The summed E-state index contributed by atoms with van der Waals surface area (Å²) in [6.45, 7) is 4.88. The molecular formula is C28H30FN3O2. The molecule has 2 heterocycles. The summed E-state index contributed by atoms with van der Waals surface area (Å²) in [4.78, 5) is 18.2. The van der Waals surface area contributed by atoms with Crippen molar-refractivity contribution in [2.45, 2.75) is 25.9 Å². The number of halogens is 1. The Bertz CT molecular complexity index is 1180. The Morgan fingerprint density at radius 1 is 1.09 bits per heavy atom. The predicted molar refractivity (Wildman–Crippen MR) is 133 cm³/mol. The molecule has 0 aromatic heterocycles. The standard InChI is InChI=1S/C28H30FN3O2/c1-19-6-9-23(10-7-19)31-12-13-32-26-16-24(34-2)11-8-21(26)15-25(27(32)18-31)28(33)30-17-20-4-3-5-22(29)14-20/h3-11,14,16,25,27H,12-13,15,17-18H2,1-2H3,(H,30,33)/t25-,27-/m1/s1. The number of anilines is 2. The van der Waals surface area contributed by atoms with Gasteiger partial charge in [0.2, 0.25) is 5.91 Å².